The van der Waals surface area contributed by atoms with E-state index in [9.17, 15) is 19.6 Å². The lowest BCUT2D eigenvalue weighted by Gasteiger charge is -2.39. The van der Waals surface area contributed by atoms with Gasteiger partial charge in [-0.05, 0) is 50.3 Å². The molecule has 3 heterocycles. The van der Waals surface area contributed by atoms with Crippen LogP contribution < -0.4 is 11.1 Å². The van der Waals surface area contributed by atoms with Crippen molar-refractivity contribution in [2.45, 2.75) is 69.9 Å². The van der Waals surface area contributed by atoms with Gasteiger partial charge in [-0.3, -0.25) is 19.3 Å². The normalized spacial score (nSPS) is 30.4. The SMILES string of the molecule is CNC(=O)c1ccc(C(C)N2C(=O)C3C[C@H]2CN3CC(N)C(=O)N2C(C#N)CC(C)C2C)cc1. The van der Waals surface area contributed by atoms with Gasteiger partial charge in [-0.1, -0.05) is 19.1 Å². The Morgan fingerprint density at radius 2 is 1.91 bits per heavy atom. The van der Waals surface area contributed by atoms with Crippen LogP contribution in [0.3, 0.4) is 0 Å². The number of carbonyl (C=O) groups is 3. The van der Waals surface area contributed by atoms with Crippen molar-refractivity contribution in [2.24, 2.45) is 11.7 Å². The van der Waals surface area contributed by atoms with Crippen LogP contribution >= 0.6 is 0 Å². The number of nitrogens with one attached hydrogen (secondary N) is 1. The maximum absolute atomic E-state index is 13.3. The number of nitrogens with zero attached hydrogens (tertiary/aromatic N) is 4. The van der Waals surface area contributed by atoms with Crippen molar-refractivity contribution in [1.29, 1.82) is 5.26 Å². The monoisotopic (exact) mass is 466 g/mol. The number of hydrogen-bond donors (Lipinski definition) is 2. The molecule has 3 N–H and O–H groups in total. The molecule has 0 saturated carbocycles. The van der Waals surface area contributed by atoms with E-state index in [1.807, 2.05) is 42.7 Å². The zero-order valence-corrected chi connectivity index (χ0v) is 20.3. The van der Waals surface area contributed by atoms with Crippen LogP contribution in [-0.2, 0) is 9.59 Å². The molecule has 0 spiro atoms. The first-order valence-corrected chi connectivity index (χ1v) is 12.0. The van der Waals surface area contributed by atoms with E-state index in [1.165, 1.54) is 0 Å². The Morgan fingerprint density at radius 1 is 1.24 bits per heavy atom. The standard InChI is InChI=1S/C25H34N6O3/c1-14-9-19(11-26)30(15(14)2)24(33)21(27)13-29-12-20-10-22(29)25(34)31(20)16(3)17-5-7-18(8-6-17)23(32)28-4/h5-8,14-16,19-22H,9-10,12-13,27H2,1-4H3,(H,28,32)/t14?,15?,16?,19?,20-,21?,22?/m0/s1. The first kappa shape index (κ1) is 24.2. The molecule has 6 unspecified atom stereocenters. The summed E-state index contributed by atoms with van der Waals surface area (Å²) >= 11 is 0. The number of nitrogens with two attached hydrogens (primary N) is 1. The van der Waals surface area contributed by atoms with Crippen molar-refractivity contribution in [3.63, 3.8) is 0 Å². The lowest BCUT2D eigenvalue weighted by atomic mass is 10.0. The largest absolute Gasteiger partial charge is 0.355 e. The summed E-state index contributed by atoms with van der Waals surface area (Å²) in [4.78, 5) is 43.8. The van der Waals surface area contributed by atoms with E-state index in [1.54, 1.807) is 24.1 Å². The molecule has 182 valence electrons. The van der Waals surface area contributed by atoms with Crippen LogP contribution in [0.25, 0.3) is 0 Å². The number of carbonyl (C=O) groups excluding carboxylic acids is 3. The van der Waals surface area contributed by atoms with E-state index in [0.717, 1.165) is 12.0 Å². The van der Waals surface area contributed by atoms with Crippen LogP contribution in [0.5, 0.6) is 0 Å². The Morgan fingerprint density at radius 3 is 2.50 bits per heavy atom. The molecule has 3 fully saturated rings. The van der Waals surface area contributed by atoms with Crippen LogP contribution in [-0.4, -0.2) is 82.8 Å². The van der Waals surface area contributed by atoms with Gasteiger partial charge in [-0.2, -0.15) is 5.26 Å². The highest BCUT2D eigenvalue weighted by Crippen LogP contribution is 2.38. The predicted octanol–water partition coefficient (Wildman–Crippen LogP) is 0.869. The number of fused-ring (bicyclic) bond motifs is 2. The fourth-order valence-corrected chi connectivity index (χ4v) is 5.83. The first-order valence-electron chi connectivity index (χ1n) is 12.0. The Bertz CT molecular complexity index is 1000. The topological polar surface area (TPSA) is 123 Å². The van der Waals surface area contributed by atoms with E-state index in [-0.39, 0.29) is 47.8 Å². The third kappa shape index (κ3) is 4.05. The van der Waals surface area contributed by atoms with E-state index in [2.05, 4.69) is 11.4 Å². The maximum atomic E-state index is 13.3. The summed E-state index contributed by atoms with van der Waals surface area (Å²) in [5.41, 5.74) is 7.87. The molecule has 1 aromatic rings. The molecule has 9 nitrogen and oxygen atoms in total. The fraction of sp³-hybridized carbons (Fsp3) is 0.600. The number of likely N-dealkylation sites (tertiary alicyclic amines) is 3. The third-order valence-electron chi connectivity index (χ3n) is 7.96. The van der Waals surface area contributed by atoms with Crippen LogP contribution in [0.1, 0.15) is 55.6 Å². The van der Waals surface area contributed by atoms with Crippen LogP contribution in [0.4, 0.5) is 0 Å². The van der Waals surface area contributed by atoms with Gasteiger partial charge < -0.3 is 20.9 Å². The summed E-state index contributed by atoms with van der Waals surface area (Å²) in [6.45, 7) is 7.00. The highest BCUT2D eigenvalue weighted by Gasteiger charge is 2.52. The van der Waals surface area contributed by atoms with E-state index < -0.39 is 12.1 Å². The fourth-order valence-electron chi connectivity index (χ4n) is 5.83. The highest BCUT2D eigenvalue weighted by molar-refractivity contribution is 5.94. The molecule has 2 bridgehead atoms. The lowest BCUT2D eigenvalue weighted by Crippen LogP contribution is -2.57. The van der Waals surface area contributed by atoms with Crippen molar-refractivity contribution < 1.29 is 14.4 Å². The van der Waals surface area contributed by atoms with Crippen molar-refractivity contribution in [3.05, 3.63) is 35.4 Å². The second-order valence-electron chi connectivity index (χ2n) is 9.93. The summed E-state index contributed by atoms with van der Waals surface area (Å²) in [6.07, 6.45) is 1.39. The van der Waals surface area contributed by atoms with Gasteiger partial charge in [0.2, 0.25) is 11.8 Å². The zero-order valence-electron chi connectivity index (χ0n) is 20.3. The average Bonchev–Trinajstić information content (AvgIpc) is 3.48. The van der Waals surface area contributed by atoms with Crippen molar-refractivity contribution >= 4 is 17.7 Å². The summed E-state index contributed by atoms with van der Waals surface area (Å²) in [5, 5.41) is 12.1. The molecule has 3 aliphatic rings. The minimum atomic E-state index is -0.765. The van der Waals surface area contributed by atoms with Gasteiger partial charge in [0, 0.05) is 37.8 Å². The van der Waals surface area contributed by atoms with Gasteiger partial charge in [-0.15, -0.1) is 0 Å². The van der Waals surface area contributed by atoms with Gasteiger partial charge in [0.05, 0.1) is 24.2 Å². The van der Waals surface area contributed by atoms with Gasteiger partial charge in [0.15, 0.2) is 0 Å². The molecule has 0 aromatic heterocycles. The molecule has 4 rings (SSSR count). The Hall–Kier alpha value is -2.96. The maximum Gasteiger partial charge on any atom is 0.251 e. The summed E-state index contributed by atoms with van der Waals surface area (Å²) in [5.74, 6) is -0.0431. The van der Waals surface area contributed by atoms with Crippen molar-refractivity contribution in [1.82, 2.24) is 20.0 Å². The molecule has 34 heavy (non-hydrogen) atoms. The highest BCUT2D eigenvalue weighted by atomic mass is 16.2. The molecule has 0 radical (unpaired) electrons. The quantitative estimate of drug-likeness (QED) is 0.641. The van der Waals surface area contributed by atoms with Crippen molar-refractivity contribution in [2.75, 3.05) is 20.1 Å². The van der Waals surface area contributed by atoms with Gasteiger partial charge in [0.1, 0.15) is 6.04 Å². The molecule has 0 aliphatic carbocycles. The summed E-state index contributed by atoms with van der Waals surface area (Å²) < 4.78 is 0. The molecular formula is C25H34N6O3. The second kappa shape index (κ2) is 9.35. The van der Waals surface area contributed by atoms with Crippen LogP contribution in [0, 0.1) is 17.2 Å². The van der Waals surface area contributed by atoms with Gasteiger partial charge in [0.25, 0.3) is 5.91 Å². The smallest absolute Gasteiger partial charge is 0.251 e. The Kier molecular flexibility index (Phi) is 6.65. The minimum Gasteiger partial charge on any atom is -0.355 e. The van der Waals surface area contributed by atoms with Crippen LogP contribution in [0.2, 0.25) is 0 Å². The lowest BCUT2D eigenvalue weighted by molar-refractivity contribution is -0.141. The molecule has 1 aromatic carbocycles. The second-order valence-corrected chi connectivity index (χ2v) is 9.93. The summed E-state index contributed by atoms with van der Waals surface area (Å²) in [7, 11) is 1.60. The number of piperazine rings is 1. The minimum absolute atomic E-state index is 0.0222. The average molecular weight is 467 g/mol. The number of amides is 3. The number of benzene rings is 1. The third-order valence-corrected chi connectivity index (χ3v) is 7.96. The molecule has 9 heteroatoms. The van der Waals surface area contributed by atoms with Gasteiger partial charge >= 0.3 is 0 Å². The van der Waals surface area contributed by atoms with Crippen molar-refractivity contribution in [3.8, 4) is 6.07 Å². The molecule has 3 amide bonds. The van der Waals surface area contributed by atoms with Crippen LogP contribution in [0.15, 0.2) is 24.3 Å². The number of nitriles is 1. The molecule has 3 saturated heterocycles. The predicted molar refractivity (Wildman–Crippen MR) is 126 cm³/mol. The van der Waals surface area contributed by atoms with E-state index in [0.29, 0.717) is 25.1 Å². The Balaban J connectivity index is 1.39. The Labute approximate surface area is 200 Å². The zero-order chi connectivity index (χ0) is 24.7. The first-order chi connectivity index (χ1) is 16.2. The molecule has 7 atom stereocenters. The van der Waals surface area contributed by atoms with E-state index in [4.69, 9.17) is 5.73 Å². The number of hydrogen-bond acceptors (Lipinski definition) is 6. The van der Waals surface area contributed by atoms with Gasteiger partial charge in [-0.25, -0.2) is 0 Å². The molecule has 3 aliphatic heterocycles. The molecular weight excluding hydrogens is 432 g/mol. The van der Waals surface area contributed by atoms with E-state index >= 15 is 0 Å². The number of rotatable bonds is 6. The summed E-state index contributed by atoms with van der Waals surface area (Å²) in [6, 6.07) is 8.02.